The average molecular weight is 937 g/mol. The van der Waals surface area contributed by atoms with Crippen molar-refractivity contribution >= 4 is 77.0 Å². The smallest absolute Gasteiger partial charge is 0.411 e. The number of fused-ring (bicyclic) bond motifs is 2. The molecule has 6 rings (SSSR count). The van der Waals surface area contributed by atoms with Crippen LogP contribution in [0, 0.1) is 24.6 Å². The number of hydrogen-bond donors (Lipinski definition) is 1. The van der Waals surface area contributed by atoms with Crippen LogP contribution < -0.4 is 15.0 Å². The maximum atomic E-state index is 15.3. The van der Waals surface area contributed by atoms with Gasteiger partial charge in [0, 0.05) is 40.3 Å². The largest absolute Gasteiger partial charge is 0.748 e. The lowest BCUT2D eigenvalue weighted by Crippen LogP contribution is -2.48. The second-order valence-corrected chi connectivity index (χ2v) is 20.5. The van der Waals surface area contributed by atoms with Crippen molar-refractivity contribution in [3.63, 3.8) is 0 Å². The molecule has 5 aromatic rings. The summed E-state index contributed by atoms with van der Waals surface area (Å²) < 4.78 is 66.3. The number of aromatic nitrogens is 4. The number of aryl methyl sites for hydroxylation is 1. The van der Waals surface area contributed by atoms with Crippen LogP contribution >= 0.6 is 22.7 Å². The first-order valence-electron chi connectivity index (χ1n) is 20.8. The number of anilines is 4. The van der Waals surface area contributed by atoms with Gasteiger partial charge >= 0.3 is 12.1 Å². The number of likely N-dealkylation sites (N-methyl/N-ethyl adjacent to an activating group) is 1. The van der Waals surface area contributed by atoms with Crippen molar-refractivity contribution in [2.75, 3.05) is 76.5 Å². The zero-order valence-electron chi connectivity index (χ0n) is 37.0. The lowest BCUT2D eigenvalue weighted by atomic mass is 10.0. The molecule has 0 unspecified atom stereocenters. The number of para-hydroxylation sites is 1. The number of carbonyl (C=O) groups is 2. The first-order valence-corrected chi connectivity index (χ1v) is 24.0. The van der Waals surface area contributed by atoms with E-state index < -0.39 is 39.4 Å². The molecule has 0 atom stereocenters. The molecule has 1 N–H and O–H groups in total. The number of thiazole rings is 2. The summed E-state index contributed by atoms with van der Waals surface area (Å²) in [6.45, 7) is 9.19. The number of methoxy groups -OCH3 is 1. The predicted octanol–water partition coefficient (Wildman–Crippen LogP) is 7.22. The number of carbonyl (C=O) groups excluding carboxylic acids is 2. The number of ether oxygens (including phenoxy) is 3. The minimum Gasteiger partial charge on any atom is -0.748 e. The molecule has 0 bridgehead atoms. The maximum Gasteiger partial charge on any atom is 0.411 e. The number of amides is 1. The Balaban J connectivity index is 1.06. The van der Waals surface area contributed by atoms with Crippen LogP contribution in [0.2, 0.25) is 0 Å². The quantitative estimate of drug-likeness (QED) is 0.0324. The molecule has 0 aliphatic carbocycles. The molecule has 4 heterocycles. The van der Waals surface area contributed by atoms with Crippen molar-refractivity contribution in [2.24, 2.45) is 0 Å². The molecule has 20 heteroatoms. The number of nitrogens with zero attached hydrogens (tertiary/aromatic N) is 7. The Hall–Kier alpha value is -5.46. The maximum absolute atomic E-state index is 15.3. The molecule has 3 aromatic heterocycles. The third-order valence-electron chi connectivity index (χ3n) is 10.2. The molecule has 0 spiro atoms. The number of halogens is 1. The van der Waals surface area contributed by atoms with Gasteiger partial charge in [0.15, 0.2) is 39.2 Å². The second-order valence-electron chi connectivity index (χ2n) is 16.9. The lowest BCUT2D eigenvalue weighted by molar-refractivity contribution is -0.889. The van der Waals surface area contributed by atoms with Crippen LogP contribution in [0.15, 0.2) is 42.5 Å². The SMILES string of the molecule is COC(=O)c1nc(N2CCCc3c2nnc(Nc2nc4ccccc4s2)c3C)sc1CCCOc1ccc(C#CCN(CC[N+](C)(C)CCCS(=O)(=O)[O-])C(=O)OC(C)(C)C)cc1F. The van der Waals surface area contributed by atoms with Gasteiger partial charge in [-0.25, -0.2) is 32.4 Å². The third kappa shape index (κ3) is 13.1. The number of esters is 1. The minimum absolute atomic E-state index is 0.00188. The lowest BCUT2D eigenvalue weighted by Gasteiger charge is -2.33. The molecule has 1 amide bonds. The van der Waals surface area contributed by atoms with Gasteiger partial charge in [-0.3, -0.25) is 4.90 Å². The van der Waals surface area contributed by atoms with Crippen molar-refractivity contribution in [2.45, 2.75) is 65.4 Å². The number of nitrogens with one attached hydrogen (secondary N) is 1. The number of rotatable bonds is 17. The minimum atomic E-state index is -4.32. The Kier molecular flexibility index (Phi) is 15.4. The van der Waals surface area contributed by atoms with Gasteiger partial charge in [0.05, 0.1) is 74.3 Å². The topological polar surface area (TPSA) is 189 Å². The molecule has 0 saturated heterocycles. The number of benzene rings is 2. The van der Waals surface area contributed by atoms with E-state index in [0.717, 1.165) is 39.3 Å². The van der Waals surface area contributed by atoms with Crippen LogP contribution in [0.5, 0.6) is 5.75 Å². The van der Waals surface area contributed by atoms with E-state index in [1.807, 2.05) is 50.2 Å². The number of quaternary nitrogens is 1. The van der Waals surface area contributed by atoms with Gasteiger partial charge in [-0.15, -0.1) is 21.5 Å². The Bertz CT molecular complexity index is 2620. The molecule has 1 aliphatic heterocycles. The van der Waals surface area contributed by atoms with Crippen LogP contribution in [0.3, 0.4) is 0 Å². The summed E-state index contributed by atoms with van der Waals surface area (Å²) in [6.07, 6.45) is 2.16. The highest BCUT2D eigenvalue weighted by Crippen LogP contribution is 2.39. The van der Waals surface area contributed by atoms with E-state index in [1.54, 1.807) is 38.2 Å². The highest BCUT2D eigenvalue weighted by atomic mass is 32.2. The number of hydrogen-bond acceptors (Lipinski definition) is 16. The summed E-state index contributed by atoms with van der Waals surface area (Å²) >= 11 is 2.92. The van der Waals surface area contributed by atoms with Gasteiger partial charge in [-0.2, -0.15) is 0 Å². The summed E-state index contributed by atoms with van der Waals surface area (Å²) in [5, 5.41) is 13.8. The Labute approximate surface area is 381 Å². The fourth-order valence-electron chi connectivity index (χ4n) is 6.87. The summed E-state index contributed by atoms with van der Waals surface area (Å²) in [5.41, 5.74) is 2.76. The summed E-state index contributed by atoms with van der Waals surface area (Å²) in [6, 6.07) is 12.3. The molecule has 16 nitrogen and oxygen atoms in total. The molecule has 0 fully saturated rings. The zero-order valence-corrected chi connectivity index (χ0v) is 39.5. The van der Waals surface area contributed by atoms with Gasteiger partial charge < -0.3 is 33.5 Å². The van der Waals surface area contributed by atoms with E-state index in [1.165, 1.54) is 35.5 Å². The van der Waals surface area contributed by atoms with E-state index in [9.17, 15) is 22.6 Å². The zero-order chi connectivity index (χ0) is 46.2. The van der Waals surface area contributed by atoms with Crippen LogP contribution in [0.25, 0.3) is 10.2 Å². The molecule has 0 saturated carbocycles. The van der Waals surface area contributed by atoms with Crippen LogP contribution in [-0.4, -0.2) is 126 Å². The first-order chi connectivity index (χ1) is 30.3. The van der Waals surface area contributed by atoms with Crippen LogP contribution in [-0.2, 0) is 32.4 Å². The fourth-order valence-corrected chi connectivity index (χ4v) is 9.34. The molecule has 64 heavy (non-hydrogen) atoms. The first kappa shape index (κ1) is 48.0. The monoisotopic (exact) mass is 936 g/mol. The standard InChI is InChI=1S/C44H53FN8O8S3/c1-29-31-15-11-22-52(39(31)50-49-38(29)48-41-46-33-16-8-9-17-35(33)62-41)42-47-37(40(54)59-7)36(63-42)18-12-26-60-34-20-19-30(28-32(34)45)14-10-21-51(43(55)61-44(2,3)4)23-25-53(5,6)24-13-27-64(56,57)58/h8-9,16-17,19-20,28H,11-13,15,18,21-27H2,1-7H3,(H-,46,48,49,56,57,58). The molecular weight excluding hydrogens is 884 g/mol. The highest BCUT2D eigenvalue weighted by Gasteiger charge is 2.29. The summed E-state index contributed by atoms with van der Waals surface area (Å²) in [4.78, 5) is 39.5. The van der Waals surface area contributed by atoms with E-state index in [2.05, 4.69) is 32.3 Å². The van der Waals surface area contributed by atoms with Gasteiger partial charge in [0.1, 0.15) is 5.60 Å². The summed E-state index contributed by atoms with van der Waals surface area (Å²) in [7, 11) is 0.754. The molecule has 342 valence electrons. The fraction of sp³-hybridized carbons (Fsp3) is 0.455. The van der Waals surface area contributed by atoms with Crippen molar-refractivity contribution in [1.82, 2.24) is 25.1 Å². The van der Waals surface area contributed by atoms with Gasteiger partial charge in [0.25, 0.3) is 0 Å². The van der Waals surface area contributed by atoms with Crippen LogP contribution in [0.4, 0.5) is 31.1 Å². The predicted molar refractivity (Wildman–Crippen MR) is 244 cm³/mol. The van der Waals surface area contributed by atoms with E-state index >= 15 is 4.39 Å². The second kappa shape index (κ2) is 20.6. The van der Waals surface area contributed by atoms with E-state index in [-0.39, 0.29) is 37.6 Å². The van der Waals surface area contributed by atoms with Crippen molar-refractivity contribution < 1.29 is 45.6 Å². The third-order valence-corrected chi connectivity index (χ3v) is 13.1. The Morgan fingerprint density at radius 1 is 1.08 bits per heavy atom. The molecule has 1 aliphatic rings. The van der Waals surface area contributed by atoms with E-state index in [0.29, 0.717) is 64.2 Å². The Morgan fingerprint density at radius 3 is 2.58 bits per heavy atom. The molecular formula is C44H53FN8O8S3. The normalized spacial score (nSPS) is 12.9. The summed E-state index contributed by atoms with van der Waals surface area (Å²) in [5.74, 6) is 5.59. The van der Waals surface area contributed by atoms with E-state index in [4.69, 9.17) is 19.2 Å². The highest BCUT2D eigenvalue weighted by molar-refractivity contribution is 7.85. The van der Waals surface area contributed by atoms with Crippen molar-refractivity contribution in [3.8, 4) is 17.6 Å². The molecule has 0 radical (unpaired) electrons. The van der Waals surface area contributed by atoms with Crippen molar-refractivity contribution in [1.29, 1.82) is 0 Å². The van der Waals surface area contributed by atoms with Gasteiger partial charge in [0.2, 0.25) is 0 Å². The van der Waals surface area contributed by atoms with Gasteiger partial charge in [-0.05, 0) is 83.7 Å². The average Bonchev–Trinajstić information content (AvgIpc) is 3.85. The Morgan fingerprint density at radius 2 is 1.86 bits per heavy atom. The van der Waals surface area contributed by atoms with Crippen LogP contribution in [0.1, 0.15) is 72.1 Å². The van der Waals surface area contributed by atoms with Gasteiger partial charge in [-0.1, -0.05) is 35.3 Å². The van der Waals surface area contributed by atoms with Crippen molar-refractivity contribution in [3.05, 3.63) is 75.5 Å². The molecule has 2 aromatic carbocycles.